The van der Waals surface area contributed by atoms with Gasteiger partial charge in [0.2, 0.25) is 0 Å². The number of urea groups is 1. The molecule has 0 rings (SSSR count). The van der Waals surface area contributed by atoms with Gasteiger partial charge >= 0.3 is 12.0 Å². The minimum Gasteiger partial charge on any atom is -0.480 e. The first-order valence-corrected chi connectivity index (χ1v) is 6.52. The molecule has 0 saturated carbocycles. The van der Waals surface area contributed by atoms with Crippen LogP contribution in [0.5, 0.6) is 0 Å². The zero-order valence-electron chi connectivity index (χ0n) is 12.0. The van der Waals surface area contributed by atoms with Crippen LogP contribution in [0.4, 0.5) is 4.79 Å². The molecule has 0 aliphatic heterocycles. The maximum Gasteiger partial charge on any atom is 0.326 e. The smallest absolute Gasteiger partial charge is 0.326 e. The zero-order chi connectivity index (χ0) is 14.3. The highest BCUT2D eigenvalue weighted by Crippen LogP contribution is 2.06. The second kappa shape index (κ2) is 7.95. The lowest BCUT2D eigenvalue weighted by Crippen LogP contribution is -2.49. The van der Waals surface area contributed by atoms with E-state index < -0.39 is 18.0 Å². The maximum absolute atomic E-state index is 11.6. The quantitative estimate of drug-likeness (QED) is 0.655. The molecule has 0 aliphatic rings. The van der Waals surface area contributed by atoms with E-state index in [0.717, 1.165) is 6.42 Å². The van der Waals surface area contributed by atoms with Crippen molar-refractivity contribution in [2.45, 2.75) is 59.5 Å². The summed E-state index contributed by atoms with van der Waals surface area (Å²) in [5.74, 6) is -0.277. The Morgan fingerprint density at radius 3 is 1.83 bits per heavy atom. The normalized spacial score (nSPS) is 14.4. The Hall–Kier alpha value is -1.26. The van der Waals surface area contributed by atoms with E-state index in [-0.39, 0.29) is 12.0 Å². The number of carboxylic acids is 1. The van der Waals surface area contributed by atoms with Crippen molar-refractivity contribution in [1.82, 2.24) is 10.6 Å². The van der Waals surface area contributed by atoms with Crippen LogP contribution in [0, 0.1) is 11.8 Å². The second-order valence-corrected chi connectivity index (χ2v) is 5.67. The highest BCUT2D eigenvalue weighted by molar-refractivity contribution is 5.82. The molecule has 5 heteroatoms. The fourth-order valence-corrected chi connectivity index (χ4v) is 1.88. The van der Waals surface area contributed by atoms with Crippen LogP contribution < -0.4 is 10.6 Å². The molecular formula is C13H26N2O3. The van der Waals surface area contributed by atoms with Crippen molar-refractivity contribution in [1.29, 1.82) is 0 Å². The van der Waals surface area contributed by atoms with Crippen LogP contribution >= 0.6 is 0 Å². The Kier molecular flexibility index (Phi) is 7.39. The highest BCUT2D eigenvalue weighted by atomic mass is 16.4. The average Bonchev–Trinajstić information content (AvgIpc) is 2.13. The standard InChI is InChI=1S/C13H26N2O3/c1-8(2)6-10(5)14-13(18)15-11(12(16)17)7-9(3)4/h8-11H,6-7H2,1-5H3,(H,16,17)(H2,14,15,18). The van der Waals surface area contributed by atoms with E-state index >= 15 is 0 Å². The number of amides is 2. The van der Waals surface area contributed by atoms with Crippen molar-refractivity contribution in [3.8, 4) is 0 Å². The molecular weight excluding hydrogens is 232 g/mol. The Morgan fingerprint density at radius 1 is 0.944 bits per heavy atom. The van der Waals surface area contributed by atoms with Crippen molar-refractivity contribution in [3.63, 3.8) is 0 Å². The SMILES string of the molecule is CC(C)CC(C)NC(=O)NC(CC(C)C)C(=O)O. The van der Waals surface area contributed by atoms with Gasteiger partial charge in [0.05, 0.1) is 0 Å². The first kappa shape index (κ1) is 16.7. The Labute approximate surface area is 109 Å². The van der Waals surface area contributed by atoms with Crippen molar-refractivity contribution in [3.05, 3.63) is 0 Å². The lowest BCUT2D eigenvalue weighted by atomic mass is 10.0. The number of aliphatic carboxylic acids is 1. The number of nitrogens with one attached hydrogen (secondary N) is 2. The van der Waals surface area contributed by atoms with Gasteiger partial charge < -0.3 is 15.7 Å². The fourth-order valence-electron chi connectivity index (χ4n) is 1.88. The molecule has 0 heterocycles. The minimum atomic E-state index is -0.990. The van der Waals surface area contributed by atoms with Crippen LogP contribution in [0.15, 0.2) is 0 Å². The summed E-state index contributed by atoms with van der Waals surface area (Å²) in [5.41, 5.74) is 0. The van der Waals surface area contributed by atoms with E-state index in [4.69, 9.17) is 5.11 Å². The van der Waals surface area contributed by atoms with Gasteiger partial charge in [-0.25, -0.2) is 9.59 Å². The fraction of sp³-hybridized carbons (Fsp3) is 0.846. The lowest BCUT2D eigenvalue weighted by molar-refractivity contribution is -0.139. The number of rotatable bonds is 7. The van der Waals surface area contributed by atoms with Crippen molar-refractivity contribution >= 4 is 12.0 Å². The zero-order valence-corrected chi connectivity index (χ0v) is 12.0. The maximum atomic E-state index is 11.6. The molecule has 0 aromatic carbocycles. The van der Waals surface area contributed by atoms with Gasteiger partial charge in [0.15, 0.2) is 0 Å². The molecule has 0 aliphatic carbocycles. The van der Waals surface area contributed by atoms with Crippen molar-refractivity contribution in [2.75, 3.05) is 0 Å². The third-order valence-electron chi connectivity index (χ3n) is 2.51. The summed E-state index contributed by atoms with van der Waals surface area (Å²) >= 11 is 0. The van der Waals surface area contributed by atoms with Gasteiger partial charge in [-0.3, -0.25) is 0 Å². The summed E-state index contributed by atoms with van der Waals surface area (Å²) in [6, 6.07) is -1.19. The molecule has 3 N–H and O–H groups in total. The molecule has 0 radical (unpaired) electrons. The molecule has 0 aromatic rings. The van der Waals surface area contributed by atoms with Gasteiger partial charge in [0.25, 0.3) is 0 Å². The first-order chi connectivity index (χ1) is 8.22. The van der Waals surface area contributed by atoms with E-state index in [9.17, 15) is 9.59 Å². The van der Waals surface area contributed by atoms with E-state index in [1.54, 1.807) is 0 Å². The minimum absolute atomic E-state index is 0.0403. The largest absolute Gasteiger partial charge is 0.480 e. The topological polar surface area (TPSA) is 78.4 Å². The second-order valence-electron chi connectivity index (χ2n) is 5.67. The van der Waals surface area contributed by atoms with Crippen LogP contribution in [0.25, 0.3) is 0 Å². The predicted octanol–water partition coefficient (Wildman–Crippen LogP) is 2.22. The molecule has 0 saturated heterocycles. The summed E-state index contributed by atoms with van der Waals surface area (Å²) in [5, 5.41) is 14.3. The molecule has 0 fully saturated rings. The third kappa shape index (κ3) is 7.92. The van der Waals surface area contributed by atoms with E-state index in [2.05, 4.69) is 24.5 Å². The third-order valence-corrected chi connectivity index (χ3v) is 2.51. The molecule has 2 atom stereocenters. The highest BCUT2D eigenvalue weighted by Gasteiger charge is 2.21. The molecule has 5 nitrogen and oxygen atoms in total. The Bertz CT molecular complexity index is 277. The molecule has 2 amide bonds. The molecule has 18 heavy (non-hydrogen) atoms. The van der Waals surface area contributed by atoms with E-state index in [1.807, 2.05) is 20.8 Å². The van der Waals surface area contributed by atoms with Crippen molar-refractivity contribution in [2.24, 2.45) is 11.8 Å². The van der Waals surface area contributed by atoms with Crippen LogP contribution in [0.1, 0.15) is 47.5 Å². The number of hydrogen-bond donors (Lipinski definition) is 3. The van der Waals surface area contributed by atoms with Crippen LogP contribution in [0.3, 0.4) is 0 Å². The number of carbonyl (C=O) groups is 2. The summed E-state index contributed by atoms with van der Waals surface area (Å²) in [6.45, 7) is 9.93. The summed E-state index contributed by atoms with van der Waals surface area (Å²) in [4.78, 5) is 22.6. The van der Waals surface area contributed by atoms with E-state index in [0.29, 0.717) is 12.3 Å². The van der Waals surface area contributed by atoms with Gasteiger partial charge in [0.1, 0.15) is 6.04 Å². The Balaban J connectivity index is 4.21. The Morgan fingerprint density at radius 2 is 1.44 bits per heavy atom. The molecule has 0 spiro atoms. The van der Waals surface area contributed by atoms with E-state index in [1.165, 1.54) is 0 Å². The number of hydrogen-bond acceptors (Lipinski definition) is 2. The first-order valence-electron chi connectivity index (χ1n) is 6.52. The summed E-state index contributed by atoms with van der Waals surface area (Å²) in [6.07, 6.45) is 1.30. The van der Waals surface area contributed by atoms with Gasteiger partial charge in [-0.2, -0.15) is 0 Å². The molecule has 0 bridgehead atoms. The van der Waals surface area contributed by atoms with Gasteiger partial charge in [0, 0.05) is 6.04 Å². The molecule has 2 unspecified atom stereocenters. The summed E-state index contributed by atoms with van der Waals surface area (Å²) in [7, 11) is 0. The van der Waals surface area contributed by atoms with Crippen LogP contribution in [-0.4, -0.2) is 29.2 Å². The predicted molar refractivity (Wildman–Crippen MR) is 71.5 cm³/mol. The monoisotopic (exact) mass is 258 g/mol. The van der Waals surface area contributed by atoms with Gasteiger partial charge in [-0.05, 0) is 31.6 Å². The van der Waals surface area contributed by atoms with Gasteiger partial charge in [-0.1, -0.05) is 27.7 Å². The number of carboxylic acid groups (broad SMARTS) is 1. The summed E-state index contributed by atoms with van der Waals surface area (Å²) < 4.78 is 0. The van der Waals surface area contributed by atoms with Crippen LogP contribution in [-0.2, 0) is 4.79 Å². The number of carbonyl (C=O) groups excluding carboxylic acids is 1. The molecule has 0 aromatic heterocycles. The lowest BCUT2D eigenvalue weighted by Gasteiger charge is -2.20. The van der Waals surface area contributed by atoms with Gasteiger partial charge in [-0.15, -0.1) is 0 Å². The van der Waals surface area contributed by atoms with Crippen LogP contribution in [0.2, 0.25) is 0 Å². The van der Waals surface area contributed by atoms with Crippen molar-refractivity contribution < 1.29 is 14.7 Å². The molecule has 106 valence electrons. The average molecular weight is 258 g/mol.